The van der Waals surface area contributed by atoms with Gasteiger partial charge in [-0.25, -0.2) is 0 Å². The van der Waals surface area contributed by atoms with Gasteiger partial charge in [-0.05, 0) is 71.5 Å². The molecule has 0 nitrogen and oxygen atoms in total. The van der Waals surface area contributed by atoms with E-state index < -0.39 is 0 Å². The number of rotatable bonds is 3. The molecule has 142 valence electrons. The molecule has 0 unspecified atom stereocenters. The second kappa shape index (κ2) is 5.88. The highest BCUT2D eigenvalue weighted by atomic mass is 14.7. The summed E-state index contributed by atoms with van der Waals surface area (Å²) in [7, 11) is 7.29. The maximum atomic E-state index is 7.29. The van der Waals surface area contributed by atoms with E-state index in [0.717, 1.165) is 19.3 Å². The van der Waals surface area contributed by atoms with Gasteiger partial charge in [0.15, 0.2) is 0 Å². The van der Waals surface area contributed by atoms with E-state index in [1.807, 2.05) is 0 Å². The number of hydrogen-bond acceptors (Lipinski definition) is 0. The lowest BCUT2D eigenvalue weighted by Gasteiger charge is -2.71. The third-order valence-electron chi connectivity index (χ3n) is 8.26. The van der Waals surface area contributed by atoms with E-state index in [1.165, 1.54) is 36.0 Å². The Morgan fingerprint density at radius 3 is 0.966 bits per heavy atom. The van der Waals surface area contributed by atoms with Gasteiger partial charge in [-0.3, -0.25) is 0 Å². The molecule has 0 spiro atoms. The molecule has 0 heterocycles. The summed E-state index contributed by atoms with van der Waals surface area (Å²) in [6, 6.07) is 33.8. The first-order valence-corrected chi connectivity index (χ1v) is 11.0. The summed E-state index contributed by atoms with van der Waals surface area (Å²) in [4.78, 5) is 0. The zero-order valence-corrected chi connectivity index (χ0v) is 17.0. The van der Waals surface area contributed by atoms with Gasteiger partial charge in [0.1, 0.15) is 0 Å². The van der Waals surface area contributed by atoms with E-state index in [4.69, 9.17) is 7.85 Å². The van der Waals surface area contributed by atoms with Gasteiger partial charge in [0.2, 0.25) is 0 Å². The molecule has 4 fully saturated rings. The Morgan fingerprint density at radius 2 is 0.690 bits per heavy atom. The van der Waals surface area contributed by atoms with E-state index in [-0.39, 0.29) is 21.6 Å². The third kappa shape index (κ3) is 2.53. The van der Waals surface area contributed by atoms with Crippen LogP contribution in [0.25, 0.3) is 0 Å². The summed E-state index contributed by atoms with van der Waals surface area (Å²) in [5.74, 6) is 0. The van der Waals surface area contributed by atoms with E-state index in [9.17, 15) is 0 Å². The van der Waals surface area contributed by atoms with Gasteiger partial charge < -0.3 is 0 Å². The van der Waals surface area contributed by atoms with Crippen LogP contribution in [0.5, 0.6) is 0 Å². The Bertz CT molecular complexity index is 881. The fourth-order valence-corrected chi connectivity index (χ4v) is 8.01. The molecule has 0 atom stereocenters. The summed E-state index contributed by atoms with van der Waals surface area (Å²) in [5, 5.41) is -0.101. The van der Waals surface area contributed by atoms with Crippen molar-refractivity contribution in [3.8, 4) is 0 Å². The van der Waals surface area contributed by atoms with E-state index in [0.29, 0.717) is 0 Å². The van der Waals surface area contributed by atoms with Crippen molar-refractivity contribution < 1.29 is 0 Å². The van der Waals surface area contributed by atoms with Gasteiger partial charge in [-0.1, -0.05) is 96.3 Å². The molecule has 3 aromatic rings. The zero-order valence-electron chi connectivity index (χ0n) is 17.0. The average Bonchev–Trinajstić information content (AvgIpc) is 2.74. The van der Waals surface area contributed by atoms with E-state index in [1.54, 1.807) is 0 Å². The fourth-order valence-electron chi connectivity index (χ4n) is 8.01. The summed E-state index contributed by atoms with van der Waals surface area (Å²) < 4.78 is 0. The van der Waals surface area contributed by atoms with Crippen LogP contribution in [-0.4, -0.2) is 7.85 Å². The molecule has 1 heteroatoms. The van der Waals surface area contributed by atoms with Gasteiger partial charge in [0, 0.05) is 0 Å². The lowest BCUT2D eigenvalue weighted by atomic mass is 9.29. The van der Waals surface area contributed by atoms with Crippen LogP contribution in [0.2, 0.25) is 5.31 Å². The molecule has 4 aliphatic carbocycles. The summed E-state index contributed by atoms with van der Waals surface area (Å²) in [6.45, 7) is 0. The highest BCUT2D eigenvalue weighted by Crippen LogP contribution is 2.76. The smallest absolute Gasteiger partial charge is 0.0635 e. The molecule has 3 aromatic carbocycles. The van der Waals surface area contributed by atoms with E-state index >= 15 is 0 Å². The topological polar surface area (TPSA) is 0 Å². The molecule has 0 aromatic heterocycles. The minimum absolute atomic E-state index is 0.101. The van der Waals surface area contributed by atoms with Crippen molar-refractivity contribution in [1.29, 1.82) is 0 Å². The predicted molar refractivity (Wildman–Crippen MR) is 121 cm³/mol. The van der Waals surface area contributed by atoms with Gasteiger partial charge in [0.05, 0.1) is 7.85 Å². The maximum Gasteiger partial charge on any atom is 0.0747 e. The monoisotopic (exact) mass is 374 g/mol. The molecule has 4 bridgehead atoms. The van der Waals surface area contributed by atoms with Crippen LogP contribution in [0.4, 0.5) is 0 Å². The molecule has 29 heavy (non-hydrogen) atoms. The van der Waals surface area contributed by atoms with Crippen LogP contribution in [0, 0.1) is 0 Å². The highest BCUT2D eigenvalue weighted by molar-refractivity contribution is 6.15. The zero-order chi connectivity index (χ0) is 19.6. The molecule has 0 aliphatic heterocycles. The van der Waals surface area contributed by atoms with Gasteiger partial charge in [-0.15, -0.1) is 0 Å². The third-order valence-corrected chi connectivity index (χ3v) is 8.26. The molecule has 0 amide bonds. The van der Waals surface area contributed by atoms with Crippen molar-refractivity contribution in [2.75, 3.05) is 0 Å². The Labute approximate surface area is 175 Å². The molecular formula is C28H27B. The van der Waals surface area contributed by atoms with Crippen molar-refractivity contribution in [3.05, 3.63) is 108 Å². The van der Waals surface area contributed by atoms with Crippen LogP contribution >= 0.6 is 0 Å². The van der Waals surface area contributed by atoms with Crippen LogP contribution in [0.3, 0.4) is 0 Å². The Morgan fingerprint density at radius 1 is 0.414 bits per heavy atom. The highest BCUT2D eigenvalue weighted by Gasteiger charge is 2.67. The van der Waals surface area contributed by atoms with Crippen molar-refractivity contribution in [2.24, 2.45) is 0 Å². The predicted octanol–water partition coefficient (Wildman–Crippen LogP) is 6.51. The largest absolute Gasteiger partial charge is 0.0747 e. The Hall–Kier alpha value is -2.28. The van der Waals surface area contributed by atoms with Crippen LogP contribution in [0.1, 0.15) is 55.2 Å². The van der Waals surface area contributed by atoms with Gasteiger partial charge in [-0.2, -0.15) is 0 Å². The Balaban J connectivity index is 1.60. The first kappa shape index (κ1) is 17.6. The molecule has 0 saturated heterocycles. The first-order chi connectivity index (χ1) is 14.1. The van der Waals surface area contributed by atoms with Crippen molar-refractivity contribution in [2.45, 2.75) is 60.1 Å². The Kier molecular flexibility index (Phi) is 3.56. The fraction of sp³-hybridized carbons (Fsp3) is 0.357. The van der Waals surface area contributed by atoms with Gasteiger partial charge in [0.25, 0.3) is 0 Å². The van der Waals surface area contributed by atoms with Crippen molar-refractivity contribution >= 4 is 7.85 Å². The number of benzene rings is 3. The minimum atomic E-state index is -0.101. The standard InChI is InChI=1S/C28H27B/c29-28-19-25(22-10-4-1-5-11-22)16-26(20-28,23-12-6-2-7-13-23)18-27(17-25,21-28)24-14-8-3-9-15-24/h1-15H,16-21H2. The number of hydrogen-bond donors (Lipinski definition) is 0. The molecule has 2 radical (unpaired) electrons. The summed E-state index contributed by atoms with van der Waals surface area (Å²) in [6.07, 6.45) is 7.03. The average molecular weight is 374 g/mol. The van der Waals surface area contributed by atoms with Crippen molar-refractivity contribution in [3.63, 3.8) is 0 Å². The van der Waals surface area contributed by atoms with Crippen LogP contribution < -0.4 is 0 Å². The maximum absolute atomic E-state index is 7.29. The molecule has 4 aliphatic rings. The second-order valence-corrected chi connectivity index (χ2v) is 10.4. The lowest BCUT2D eigenvalue weighted by molar-refractivity contribution is -0.0404. The minimum Gasteiger partial charge on any atom is -0.0635 e. The normalized spacial score (nSPS) is 37.5. The molecule has 4 saturated carbocycles. The molecule has 0 N–H and O–H groups in total. The van der Waals surface area contributed by atoms with Crippen LogP contribution in [0.15, 0.2) is 91.0 Å². The van der Waals surface area contributed by atoms with E-state index in [2.05, 4.69) is 91.0 Å². The lowest BCUT2D eigenvalue weighted by Crippen LogP contribution is -2.63. The summed E-state index contributed by atoms with van der Waals surface area (Å²) >= 11 is 0. The quantitative estimate of drug-likeness (QED) is 0.459. The summed E-state index contributed by atoms with van der Waals surface area (Å²) in [5.41, 5.74) is 4.97. The molecular weight excluding hydrogens is 347 g/mol. The SMILES string of the molecule is [B]C12CC3(c4ccccc4)CC(c4ccccc4)(C1)CC(c1ccccc1)(C2)C3. The molecule has 7 rings (SSSR count). The van der Waals surface area contributed by atoms with Crippen LogP contribution in [-0.2, 0) is 16.2 Å². The van der Waals surface area contributed by atoms with Gasteiger partial charge >= 0.3 is 0 Å². The first-order valence-electron chi connectivity index (χ1n) is 11.0. The second-order valence-electron chi connectivity index (χ2n) is 10.4. The van der Waals surface area contributed by atoms with Crippen molar-refractivity contribution in [1.82, 2.24) is 0 Å².